The molecule has 0 unspecified atom stereocenters. The number of halogens is 3. The second-order valence-electron chi connectivity index (χ2n) is 8.65. The Labute approximate surface area is 259 Å². The molecule has 0 aliphatic carbocycles. The van der Waals surface area contributed by atoms with E-state index in [1.165, 1.54) is 12.4 Å². The summed E-state index contributed by atoms with van der Waals surface area (Å²) in [6.07, 6.45) is 2.45. The van der Waals surface area contributed by atoms with Crippen molar-refractivity contribution in [3.63, 3.8) is 0 Å². The number of hydrogen-bond acceptors (Lipinski definition) is 10. The third-order valence-electron chi connectivity index (χ3n) is 5.62. The Morgan fingerprint density at radius 1 is 0.837 bits per heavy atom. The SMILES string of the molecule is C=CC(=O)Nc1cc2c(Nc3cc(Cl)c(Cl)cc3F)ncnc2cc1OCCOCCOCCOCCOCCOCC. The fourth-order valence-corrected chi connectivity index (χ4v) is 3.88. The summed E-state index contributed by atoms with van der Waals surface area (Å²) in [7, 11) is 0. The van der Waals surface area contributed by atoms with Crippen LogP contribution >= 0.6 is 23.2 Å². The highest BCUT2D eigenvalue weighted by molar-refractivity contribution is 6.42. The van der Waals surface area contributed by atoms with Crippen LogP contribution in [0.3, 0.4) is 0 Å². The maximum atomic E-state index is 14.5. The topological polar surface area (TPSA) is 122 Å². The monoisotopic (exact) mass is 640 g/mol. The first kappa shape index (κ1) is 34.4. The van der Waals surface area contributed by atoms with E-state index < -0.39 is 11.7 Å². The maximum absolute atomic E-state index is 14.5. The van der Waals surface area contributed by atoms with Gasteiger partial charge < -0.3 is 39.1 Å². The summed E-state index contributed by atoms with van der Waals surface area (Å²) in [4.78, 5) is 20.6. The first-order valence-electron chi connectivity index (χ1n) is 13.6. The van der Waals surface area contributed by atoms with Crippen LogP contribution in [0.1, 0.15) is 6.92 Å². The number of carbonyl (C=O) groups is 1. The number of carbonyl (C=O) groups excluding carboxylic acids is 1. The number of amides is 1. The molecule has 0 bridgehead atoms. The lowest BCUT2D eigenvalue weighted by molar-refractivity contribution is -0.111. The van der Waals surface area contributed by atoms with Crippen molar-refractivity contribution < 1.29 is 37.6 Å². The van der Waals surface area contributed by atoms with Crippen LogP contribution in [-0.2, 0) is 28.5 Å². The van der Waals surface area contributed by atoms with Crippen LogP contribution in [0.2, 0.25) is 10.0 Å². The van der Waals surface area contributed by atoms with Gasteiger partial charge in [0.05, 0.1) is 86.4 Å². The standard InChI is InChI=1S/C29H35Cl2FN4O7/c1-3-28(37)35-26-15-20-24(33-19-34-29(20)36-25-17-22(31)21(30)16-23(25)32)18-27(26)43-14-13-42-12-11-41-10-9-40-8-7-39-6-5-38-4-2/h3,15-19H,1,4-14H2,2H3,(H,35,37)(H,33,34,36). The molecule has 234 valence electrons. The highest BCUT2D eigenvalue weighted by atomic mass is 35.5. The number of rotatable bonds is 21. The summed E-state index contributed by atoms with van der Waals surface area (Å²) in [5, 5.41) is 6.37. The summed E-state index contributed by atoms with van der Waals surface area (Å²) in [5.74, 6) is -0.429. The Hall–Kier alpha value is -3.10. The van der Waals surface area contributed by atoms with E-state index in [-0.39, 0.29) is 34.8 Å². The second-order valence-corrected chi connectivity index (χ2v) is 9.46. The molecule has 3 aromatic rings. The van der Waals surface area contributed by atoms with Crippen LogP contribution in [0, 0.1) is 5.82 Å². The number of hydrogen-bond donors (Lipinski definition) is 2. The molecule has 0 radical (unpaired) electrons. The maximum Gasteiger partial charge on any atom is 0.247 e. The molecule has 1 amide bonds. The van der Waals surface area contributed by atoms with Crippen molar-refractivity contribution in [2.45, 2.75) is 6.92 Å². The molecule has 43 heavy (non-hydrogen) atoms. The first-order valence-corrected chi connectivity index (χ1v) is 14.3. The van der Waals surface area contributed by atoms with Crippen LogP contribution in [0.5, 0.6) is 5.75 Å². The molecular weight excluding hydrogens is 606 g/mol. The summed E-state index contributed by atoms with van der Waals surface area (Å²) in [6.45, 7) is 10.4. The molecule has 1 heterocycles. The molecule has 0 atom stereocenters. The smallest absolute Gasteiger partial charge is 0.247 e. The van der Waals surface area contributed by atoms with Crippen LogP contribution in [-0.4, -0.2) is 88.6 Å². The largest absolute Gasteiger partial charge is 0.489 e. The van der Waals surface area contributed by atoms with E-state index in [2.05, 4.69) is 27.2 Å². The zero-order valence-electron chi connectivity index (χ0n) is 23.8. The van der Waals surface area contributed by atoms with Crippen LogP contribution in [0.15, 0.2) is 43.2 Å². The van der Waals surface area contributed by atoms with E-state index >= 15 is 0 Å². The number of ether oxygens (including phenoxy) is 6. The van der Waals surface area contributed by atoms with Gasteiger partial charge >= 0.3 is 0 Å². The van der Waals surface area contributed by atoms with Gasteiger partial charge in [0.1, 0.15) is 30.3 Å². The zero-order valence-corrected chi connectivity index (χ0v) is 25.3. The molecule has 14 heteroatoms. The fraction of sp³-hybridized carbons (Fsp3) is 0.414. The summed E-state index contributed by atoms with van der Waals surface area (Å²) >= 11 is 11.9. The number of nitrogens with zero attached hydrogens (tertiary/aromatic N) is 2. The van der Waals surface area contributed by atoms with Crippen molar-refractivity contribution in [2.24, 2.45) is 0 Å². The Morgan fingerprint density at radius 3 is 2.02 bits per heavy atom. The van der Waals surface area contributed by atoms with Gasteiger partial charge in [-0.05, 0) is 31.2 Å². The van der Waals surface area contributed by atoms with Gasteiger partial charge in [0, 0.05) is 18.1 Å². The average Bonchev–Trinajstić information content (AvgIpc) is 3.00. The minimum absolute atomic E-state index is 0.0683. The van der Waals surface area contributed by atoms with E-state index in [4.69, 9.17) is 51.6 Å². The Bertz CT molecular complexity index is 1340. The lowest BCUT2D eigenvalue weighted by Crippen LogP contribution is -2.15. The van der Waals surface area contributed by atoms with Gasteiger partial charge in [-0.1, -0.05) is 29.8 Å². The second kappa shape index (κ2) is 19.2. The molecule has 1 aromatic heterocycles. The third kappa shape index (κ3) is 11.8. The van der Waals surface area contributed by atoms with Gasteiger partial charge in [0.25, 0.3) is 0 Å². The van der Waals surface area contributed by atoms with Crippen molar-refractivity contribution in [2.75, 3.05) is 83.3 Å². The fourth-order valence-electron chi connectivity index (χ4n) is 3.56. The Morgan fingerprint density at radius 2 is 1.42 bits per heavy atom. The van der Waals surface area contributed by atoms with E-state index in [0.717, 1.165) is 12.1 Å². The quantitative estimate of drug-likeness (QED) is 0.0886. The van der Waals surface area contributed by atoms with E-state index in [1.54, 1.807) is 12.1 Å². The normalized spacial score (nSPS) is 11.1. The van der Waals surface area contributed by atoms with Crippen LogP contribution in [0.25, 0.3) is 10.9 Å². The van der Waals surface area contributed by atoms with Gasteiger partial charge in [0.2, 0.25) is 5.91 Å². The molecule has 0 aliphatic rings. The summed E-state index contributed by atoms with van der Waals surface area (Å²) < 4.78 is 47.4. The van der Waals surface area contributed by atoms with Crippen molar-refractivity contribution in [3.8, 4) is 5.75 Å². The highest BCUT2D eigenvalue weighted by Gasteiger charge is 2.15. The minimum Gasteiger partial charge on any atom is -0.489 e. The van der Waals surface area contributed by atoms with Crippen molar-refractivity contribution in [1.29, 1.82) is 0 Å². The zero-order chi connectivity index (χ0) is 30.9. The van der Waals surface area contributed by atoms with Gasteiger partial charge in [-0.15, -0.1) is 0 Å². The van der Waals surface area contributed by atoms with E-state index in [9.17, 15) is 9.18 Å². The van der Waals surface area contributed by atoms with E-state index in [1.807, 2.05) is 6.92 Å². The summed E-state index contributed by atoms with van der Waals surface area (Å²) in [5.41, 5.74) is 0.893. The molecule has 0 aliphatic heterocycles. The molecule has 2 aromatic carbocycles. The lowest BCUT2D eigenvalue weighted by Gasteiger charge is -2.15. The van der Waals surface area contributed by atoms with Crippen molar-refractivity contribution in [3.05, 3.63) is 59.1 Å². The number of fused-ring (bicyclic) bond motifs is 1. The minimum atomic E-state index is -0.616. The van der Waals surface area contributed by atoms with Gasteiger partial charge in [-0.3, -0.25) is 4.79 Å². The predicted octanol–water partition coefficient (Wildman–Crippen LogP) is 5.43. The Balaban J connectivity index is 1.47. The molecule has 0 spiro atoms. The number of anilines is 3. The van der Waals surface area contributed by atoms with Crippen molar-refractivity contribution in [1.82, 2.24) is 9.97 Å². The molecule has 2 N–H and O–H groups in total. The first-order chi connectivity index (χ1) is 20.9. The third-order valence-corrected chi connectivity index (χ3v) is 6.34. The molecule has 0 saturated heterocycles. The van der Waals surface area contributed by atoms with Crippen molar-refractivity contribution >= 4 is 57.2 Å². The molecule has 11 nitrogen and oxygen atoms in total. The highest BCUT2D eigenvalue weighted by Crippen LogP contribution is 2.35. The van der Waals surface area contributed by atoms with E-state index in [0.29, 0.717) is 81.8 Å². The molecule has 0 saturated carbocycles. The molecule has 3 rings (SSSR count). The molecule has 0 fully saturated rings. The van der Waals surface area contributed by atoms with Crippen LogP contribution < -0.4 is 15.4 Å². The Kier molecular flexibility index (Phi) is 15.4. The summed E-state index contributed by atoms with van der Waals surface area (Å²) in [6, 6.07) is 5.71. The average molecular weight is 642 g/mol. The number of aromatic nitrogens is 2. The van der Waals surface area contributed by atoms with Gasteiger partial charge in [-0.2, -0.15) is 0 Å². The number of nitrogens with one attached hydrogen (secondary N) is 2. The molecular formula is C29H35Cl2FN4O7. The van der Waals surface area contributed by atoms with Crippen LogP contribution in [0.4, 0.5) is 21.6 Å². The predicted molar refractivity (Wildman–Crippen MR) is 163 cm³/mol. The lowest BCUT2D eigenvalue weighted by atomic mass is 10.1. The van der Waals surface area contributed by atoms with Gasteiger partial charge in [0.15, 0.2) is 0 Å². The van der Waals surface area contributed by atoms with Gasteiger partial charge in [-0.25, -0.2) is 14.4 Å². The number of benzene rings is 2.